The fourth-order valence-electron chi connectivity index (χ4n) is 3.43. The molecule has 3 aromatic rings. The highest BCUT2D eigenvalue weighted by atomic mass is 32.1. The SMILES string of the molecule is Cc1sc2ncn(CCc3nc(C4(N)CCCC4)no3)c(=O)c2c1C. The van der Waals surface area contributed by atoms with Crippen LogP contribution in [0.15, 0.2) is 15.6 Å². The van der Waals surface area contributed by atoms with Crippen LogP contribution < -0.4 is 11.3 Å². The smallest absolute Gasteiger partial charge is 0.262 e. The highest BCUT2D eigenvalue weighted by molar-refractivity contribution is 7.18. The lowest BCUT2D eigenvalue weighted by Gasteiger charge is -2.17. The summed E-state index contributed by atoms with van der Waals surface area (Å²) in [6.45, 7) is 4.43. The zero-order valence-electron chi connectivity index (χ0n) is 14.4. The molecular weight excluding hydrogens is 338 g/mol. The zero-order chi connectivity index (χ0) is 17.6. The first-order valence-corrected chi connectivity index (χ1v) is 9.37. The third-order valence-electron chi connectivity index (χ3n) is 5.13. The third-order valence-corrected chi connectivity index (χ3v) is 6.25. The lowest BCUT2D eigenvalue weighted by Crippen LogP contribution is -2.34. The van der Waals surface area contributed by atoms with Crippen LogP contribution in [0.3, 0.4) is 0 Å². The molecule has 1 saturated carbocycles. The van der Waals surface area contributed by atoms with E-state index < -0.39 is 5.54 Å². The van der Waals surface area contributed by atoms with Gasteiger partial charge in [0.25, 0.3) is 5.56 Å². The number of hydrogen-bond acceptors (Lipinski definition) is 7. The molecule has 1 aliphatic carbocycles. The lowest BCUT2D eigenvalue weighted by molar-refractivity contribution is 0.344. The Labute approximate surface area is 148 Å². The van der Waals surface area contributed by atoms with E-state index in [-0.39, 0.29) is 5.56 Å². The van der Waals surface area contributed by atoms with Crippen LogP contribution in [0.5, 0.6) is 0 Å². The van der Waals surface area contributed by atoms with Crippen molar-refractivity contribution in [3.63, 3.8) is 0 Å². The first-order valence-electron chi connectivity index (χ1n) is 8.55. The summed E-state index contributed by atoms with van der Waals surface area (Å²) in [4.78, 5) is 23.5. The second-order valence-corrected chi connectivity index (χ2v) is 8.03. The minimum absolute atomic E-state index is 0.0160. The predicted molar refractivity (Wildman–Crippen MR) is 95.7 cm³/mol. The molecule has 0 unspecified atom stereocenters. The Bertz CT molecular complexity index is 981. The zero-order valence-corrected chi connectivity index (χ0v) is 15.2. The Hall–Kier alpha value is -2.06. The van der Waals surface area contributed by atoms with Gasteiger partial charge in [0, 0.05) is 17.8 Å². The maximum atomic E-state index is 12.7. The summed E-state index contributed by atoms with van der Waals surface area (Å²) in [6.07, 6.45) is 6.06. The number of thiophene rings is 1. The largest absolute Gasteiger partial charge is 0.339 e. The van der Waals surface area contributed by atoms with Gasteiger partial charge in [-0.1, -0.05) is 18.0 Å². The van der Waals surface area contributed by atoms with Crippen molar-refractivity contribution in [2.24, 2.45) is 5.73 Å². The van der Waals surface area contributed by atoms with Crippen molar-refractivity contribution in [2.75, 3.05) is 0 Å². The van der Waals surface area contributed by atoms with Gasteiger partial charge in [-0.15, -0.1) is 11.3 Å². The van der Waals surface area contributed by atoms with Crippen molar-refractivity contribution in [2.45, 2.75) is 58.0 Å². The number of aryl methyl sites for hydroxylation is 4. The molecule has 0 atom stereocenters. The van der Waals surface area contributed by atoms with E-state index in [1.807, 2.05) is 13.8 Å². The van der Waals surface area contributed by atoms with Crippen LogP contribution in [0.1, 0.15) is 47.8 Å². The van der Waals surface area contributed by atoms with Crippen LogP contribution in [0.25, 0.3) is 10.2 Å². The summed E-state index contributed by atoms with van der Waals surface area (Å²) in [5, 5.41) is 4.77. The normalized spacial score (nSPS) is 16.8. The van der Waals surface area contributed by atoms with E-state index in [0.717, 1.165) is 41.0 Å². The van der Waals surface area contributed by atoms with Crippen LogP contribution in [-0.2, 0) is 18.5 Å². The molecule has 0 aliphatic heterocycles. The summed E-state index contributed by atoms with van der Waals surface area (Å²) in [6, 6.07) is 0. The van der Waals surface area contributed by atoms with Crippen molar-refractivity contribution in [3.05, 3.63) is 38.8 Å². The van der Waals surface area contributed by atoms with Gasteiger partial charge < -0.3 is 10.3 Å². The molecule has 0 aromatic carbocycles. The fourth-order valence-corrected chi connectivity index (χ4v) is 4.42. The van der Waals surface area contributed by atoms with Crippen LogP contribution >= 0.6 is 11.3 Å². The van der Waals surface area contributed by atoms with Gasteiger partial charge in [-0.3, -0.25) is 9.36 Å². The number of nitrogens with two attached hydrogens (primary N) is 1. The molecule has 1 aliphatic rings. The molecule has 132 valence electrons. The maximum absolute atomic E-state index is 12.7. The quantitative estimate of drug-likeness (QED) is 0.768. The van der Waals surface area contributed by atoms with Gasteiger partial charge in [0.1, 0.15) is 4.83 Å². The van der Waals surface area contributed by atoms with E-state index in [2.05, 4.69) is 15.1 Å². The maximum Gasteiger partial charge on any atom is 0.262 e. The van der Waals surface area contributed by atoms with Crippen LogP contribution in [-0.4, -0.2) is 19.7 Å². The third kappa shape index (κ3) is 2.79. The Morgan fingerprint density at radius 1 is 1.36 bits per heavy atom. The molecule has 3 aromatic heterocycles. The molecule has 0 radical (unpaired) electrons. The topological polar surface area (TPSA) is 99.8 Å². The molecule has 0 bridgehead atoms. The highest BCUT2D eigenvalue weighted by Crippen LogP contribution is 2.34. The standard InChI is InChI=1S/C17H21N5O2S/c1-10-11(2)25-14-13(10)15(23)22(9-19-14)8-5-12-20-16(21-24-12)17(18)6-3-4-7-17/h9H,3-8,18H2,1-2H3. The Kier molecular flexibility index (Phi) is 3.96. The molecule has 4 rings (SSSR count). The van der Waals surface area contributed by atoms with Crippen molar-refractivity contribution in [1.82, 2.24) is 19.7 Å². The Balaban J connectivity index is 1.55. The first kappa shape index (κ1) is 16.4. The van der Waals surface area contributed by atoms with E-state index in [1.165, 1.54) is 0 Å². The minimum Gasteiger partial charge on any atom is -0.339 e. The van der Waals surface area contributed by atoms with E-state index in [9.17, 15) is 4.79 Å². The van der Waals surface area contributed by atoms with E-state index in [1.54, 1.807) is 22.2 Å². The van der Waals surface area contributed by atoms with Gasteiger partial charge in [0.05, 0.1) is 17.3 Å². The molecular formula is C17H21N5O2S. The summed E-state index contributed by atoms with van der Waals surface area (Å²) < 4.78 is 6.95. The highest BCUT2D eigenvalue weighted by Gasteiger charge is 2.35. The Morgan fingerprint density at radius 2 is 2.12 bits per heavy atom. The number of fused-ring (bicyclic) bond motifs is 1. The monoisotopic (exact) mass is 359 g/mol. The second kappa shape index (κ2) is 6.03. The second-order valence-electron chi connectivity index (χ2n) is 6.83. The molecule has 0 saturated heterocycles. The molecule has 25 heavy (non-hydrogen) atoms. The fraction of sp³-hybridized carbons (Fsp3) is 0.529. The number of rotatable bonds is 4. The number of aromatic nitrogens is 4. The van der Waals surface area contributed by atoms with Gasteiger partial charge in [-0.2, -0.15) is 4.98 Å². The Morgan fingerprint density at radius 3 is 2.88 bits per heavy atom. The molecule has 0 amide bonds. The van der Waals surface area contributed by atoms with Gasteiger partial charge >= 0.3 is 0 Å². The van der Waals surface area contributed by atoms with Crippen molar-refractivity contribution in [3.8, 4) is 0 Å². The van der Waals surface area contributed by atoms with Crippen molar-refractivity contribution >= 4 is 21.6 Å². The predicted octanol–water partition coefficient (Wildman–Crippen LogP) is 2.43. The summed E-state index contributed by atoms with van der Waals surface area (Å²) in [5.41, 5.74) is 6.90. The number of nitrogens with zero attached hydrogens (tertiary/aromatic N) is 4. The minimum atomic E-state index is -0.454. The molecule has 7 nitrogen and oxygen atoms in total. The molecule has 8 heteroatoms. The van der Waals surface area contributed by atoms with Gasteiger partial charge in [-0.05, 0) is 32.3 Å². The van der Waals surface area contributed by atoms with Crippen molar-refractivity contribution < 1.29 is 4.52 Å². The van der Waals surface area contributed by atoms with Crippen LogP contribution in [0, 0.1) is 13.8 Å². The van der Waals surface area contributed by atoms with E-state index in [4.69, 9.17) is 10.3 Å². The van der Waals surface area contributed by atoms with Gasteiger partial charge in [0.15, 0.2) is 5.82 Å². The average molecular weight is 359 g/mol. The number of hydrogen-bond donors (Lipinski definition) is 1. The summed E-state index contributed by atoms with van der Waals surface area (Å²) in [7, 11) is 0. The molecule has 0 spiro atoms. The lowest BCUT2D eigenvalue weighted by atomic mass is 9.99. The van der Waals surface area contributed by atoms with Crippen LogP contribution in [0.2, 0.25) is 0 Å². The van der Waals surface area contributed by atoms with Gasteiger partial charge in [-0.25, -0.2) is 4.98 Å². The molecule has 2 N–H and O–H groups in total. The summed E-state index contributed by atoms with van der Waals surface area (Å²) >= 11 is 1.55. The van der Waals surface area contributed by atoms with Gasteiger partial charge in [0.2, 0.25) is 5.89 Å². The van der Waals surface area contributed by atoms with Crippen molar-refractivity contribution in [1.29, 1.82) is 0 Å². The van der Waals surface area contributed by atoms with E-state index >= 15 is 0 Å². The first-order chi connectivity index (χ1) is 12.0. The average Bonchev–Trinajstić information content (AvgIpc) is 3.29. The van der Waals surface area contributed by atoms with E-state index in [0.29, 0.717) is 30.1 Å². The summed E-state index contributed by atoms with van der Waals surface area (Å²) in [5.74, 6) is 1.10. The van der Waals surface area contributed by atoms with Crippen LogP contribution in [0.4, 0.5) is 0 Å². The molecule has 1 fully saturated rings. The molecule has 3 heterocycles.